The summed E-state index contributed by atoms with van der Waals surface area (Å²) in [7, 11) is 0. The van der Waals surface area contributed by atoms with E-state index in [4.69, 9.17) is 13.3 Å². The second-order valence-corrected chi connectivity index (χ2v) is 13.1. The van der Waals surface area contributed by atoms with Crippen molar-refractivity contribution in [2.24, 2.45) is 0 Å². The minimum Gasteiger partial charge on any atom is -0.456 e. The van der Waals surface area contributed by atoms with Crippen LogP contribution in [0, 0.1) is 0 Å². The summed E-state index contributed by atoms with van der Waals surface area (Å²) in [6.45, 7) is 6.25. The first-order valence-corrected chi connectivity index (χ1v) is 17.8. The molecule has 0 unspecified atom stereocenters. The van der Waals surface area contributed by atoms with E-state index in [0.717, 1.165) is 88.9 Å². The fraction of sp³-hybridized carbons (Fsp3) is 0.0612. The monoisotopic (exact) mass is 672 g/mol. The molecule has 9 rings (SSSR count). The molecule has 0 saturated heterocycles. The van der Waals surface area contributed by atoms with Crippen molar-refractivity contribution in [3.63, 3.8) is 0 Å². The van der Waals surface area contributed by atoms with Crippen LogP contribution in [0.5, 0.6) is 0 Å². The number of hydrogen-bond donors (Lipinski definition) is 0. The van der Waals surface area contributed by atoms with Gasteiger partial charge in [-0.1, -0.05) is 128 Å². The van der Waals surface area contributed by atoms with E-state index in [1.807, 2.05) is 37.3 Å². The third-order valence-electron chi connectivity index (χ3n) is 9.99. The second kappa shape index (κ2) is 13.3. The molecule has 0 radical (unpaired) electrons. The lowest BCUT2D eigenvalue weighted by Crippen LogP contribution is -2.19. The van der Waals surface area contributed by atoms with E-state index in [2.05, 4.69) is 140 Å². The van der Waals surface area contributed by atoms with Gasteiger partial charge in [0.15, 0.2) is 0 Å². The van der Waals surface area contributed by atoms with Gasteiger partial charge < -0.3 is 13.3 Å². The molecule has 0 amide bonds. The number of benzene rings is 6. The first kappa shape index (κ1) is 31.4. The van der Waals surface area contributed by atoms with E-state index in [0.29, 0.717) is 6.42 Å². The molecular formula is C49H36O3. The molecule has 3 heterocycles. The number of fused-ring (bicyclic) bond motifs is 5. The van der Waals surface area contributed by atoms with E-state index in [-0.39, 0.29) is 0 Å². The van der Waals surface area contributed by atoms with Crippen LogP contribution in [0.3, 0.4) is 0 Å². The highest BCUT2D eigenvalue weighted by atomic mass is 16.3. The van der Waals surface area contributed by atoms with Gasteiger partial charge in [0.25, 0.3) is 0 Å². The SMILES string of the molecule is C=Cc1c(/C=C\Cc2ccccc2)oc2c(C/C=c3\c(=C/C)oc4ccc(-c5ccccc5)cc34)c3oc4ccc(-c5ccccc5)cc4c3cc12. The van der Waals surface area contributed by atoms with Crippen LogP contribution in [0.2, 0.25) is 0 Å². The Balaban J connectivity index is 1.25. The van der Waals surface area contributed by atoms with E-state index in [1.165, 1.54) is 16.7 Å². The van der Waals surface area contributed by atoms with E-state index < -0.39 is 0 Å². The smallest absolute Gasteiger partial charge is 0.142 e. The molecule has 250 valence electrons. The van der Waals surface area contributed by atoms with Gasteiger partial charge in [-0.25, -0.2) is 0 Å². The summed E-state index contributed by atoms with van der Waals surface area (Å²) < 4.78 is 19.9. The van der Waals surface area contributed by atoms with Crippen molar-refractivity contribution in [3.05, 3.63) is 179 Å². The normalized spacial score (nSPS) is 12.7. The van der Waals surface area contributed by atoms with Crippen LogP contribution in [0.1, 0.15) is 29.4 Å². The van der Waals surface area contributed by atoms with Gasteiger partial charge in [-0.2, -0.15) is 0 Å². The van der Waals surface area contributed by atoms with Gasteiger partial charge in [0.2, 0.25) is 0 Å². The lowest BCUT2D eigenvalue weighted by Gasteiger charge is -2.03. The molecule has 0 aliphatic heterocycles. The highest BCUT2D eigenvalue weighted by molar-refractivity contribution is 6.14. The average molecular weight is 673 g/mol. The molecule has 0 bridgehead atoms. The Labute approximate surface area is 301 Å². The molecule has 0 saturated carbocycles. The van der Waals surface area contributed by atoms with Crippen LogP contribution in [0.4, 0.5) is 0 Å². The summed E-state index contributed by atoms with van der Waals surface area (Å²) in [5.74, 6) is 0.785. The summed E-state index contributed by atoms with van der Waals surface area (Å²) in [5.41, 5.74) is 12.0. The molecule has 6 aromatic carbocycles. The minimum atomic E-state index is 0.571. The largest absolute Gasteiger partial charge is 0.456 e. The number of allylic oxidation sites excluding steroid dienone is 1. The van der Waals surface area contributed by atoms with Gasteiger partial charge in [0.05, 0.1) is 0 Å². The molecule has 3 heteroatoms. The zero-order valence-electron chi connectivity index (χ0n) is 28.9. The number of hydrogen-bond acceptors (Lipinski definition) is 3. The molecule has 9 aromatic rings. The molecule has 3 aromatic heterocycles. The van der Waals surface area contributed by atoms with Crippen LogP contribution >= 0.6 is 0 Å². The van der Waals surface area contributed by atoms with Crippen molar-refractivity contribution in [2.75, 3.05) is 0 Å². The summed E-state index contributed by atoms with van der Waals surface area (Å²) in [5, 5.41) is 5.27. The lowest BCUT2D eigenvalue weighted by molar-refractivity contribution is 0.574. The molecule has 0 fully saturated rings. The Morgan fingerprint density at radius 2 is 1.17 bits per heavy atom. The zero-order valence-corrected chi connectivity index (χ0v) is 28.9. The average Bonchev–Trinajstić information content (AvgIpc) is 3.87. The highest BCUT2D eigenvalue weighted by Gasteiger charge is 2.21. The maximum Gasteiger partial charge on any atom is 0.142 e. The molecule has 0 N–H and O–H groups in total. The zero-order chi connectivity index (χ0) is 35.0. The lowest BCUT2D eigenvalue weighted by atomic mass is 9.98. The fourth-order valence-electron chi connectivity index (χ4n) is 7.39. The van der Waals surface area contributed by atoms with Crippen LogP contribution in [-0.2, 0) is 12.8 Å². The second-order valence-electron chi connectivity index (χ2n) is 13.1. The Morgan fingerprint density at radius 1 is 0.558 bits per heavy atom. The first-order chi connectivity index (χ1) is 25.7. The summed E-state index contributed by atoms with van der Waals surface area (Å²) in [4.78, 5) is 0. The van der Waals surface area contributed by atoms with Crippen molar-refractivity contribution in [1.29, 1.82) is 0 Å². The summed E-state index contributed by atoms with van der Waals surface area (Å²) >= 11 is 0. The van der Waals surface area contributed by atoms with E-state index in [9.17, 15) is 0 Å². The summed E-state index contributed by atoms with van der Waals surface area (Å²) in [6.07, 6.45) is 11.8. The van der Waals surface area contributed by atoms with Gasteiger partial charge in [-0.05, 0) is 90.1 Å². The predicted octanol–water partition coefficient (Wildman–Crippen LogP) is 12.1. The van der Waals surface area contributed by atoms with Crippen molar-refractivity contribution < 1.29 is 13.3 Å². The molecule has 0 aliphatic carbocycles. The number of furan rings is 3. The summed E-state index contributed by atoms with van der Waals surface area (Å²) in [6, 6.07) is 46.5. The molecule has 52 heavy (non-hydrogen) atoms. The maximum absolute atomic E-state index is 6.78. The maximum atomic E-state index is 6.78. The topological polar surface area (TPSA) is 39.4 Å². The van der Waals surface area contributed by atoms with Crippen LogP contribution < -0.4 is 10.6 Å². The third-order valence-corrected chi connectivity index (χ3v) is 9.99. The van der Waals surface area contributed by atoms with Gasteiger partial charge >= 0.3 is 0 Å². The third kappa shape index (κ3) is 5.57. The molecule has 3 nitrogen and oxygen atoms in total. The molecule has 0 atom stereocenters. The highest BCUT2D eigenvalue weighted by Crippen LogP contribution is 2.41. The predicted molar refractivity (Wildman–Crippen MR) is 217 cm³/mol. The first-order valence-electron chi connectivity index (χ1n) is 17.8. The molecule has 0 aliphatic rings. The van der Waals surface area contributed by atoms with Gasteiger partial charge in [0.1, 0.15) is 33.5 Å². The van der Waals surface area contributed by atoms with Crippen LogP contribution in [0.25, 0.3) is 90.4 Å². The standard InChI is InChI=1S/C49H36O3/c1-3-37-42-31-43-41-30-36(34-20-12-7-13-21-34)24-28-47(41)52-49(43)39(48(42)51-45(37)22-14-17-32-15-8-5-9-16-32)26-25-38-40-29-35(33-18-10-6-11-19-33)23-27-46(40)50-44(38)4-2/h3-16,18-25,27-31H,1,17,26H2,2H3/b22-14-,38-25-,44-4+. The van der Waals surface area contributed by atoms with Crippen molar-refractivity contribution in [1.82, 2.24) is 0 Å². The van der Waals surface area contributed by atoms with E-state index in [1.54, 1.807) is 0 Å². The van der Waals surface area contributed by atoms with Gasteiger partial charge in [-0.3, -0.25) is 0 Å². The van der Waals surface area contributed by atoms with Crippen LogP contribution in [-0.4, -0.2) is 0 Å². The van der Waals surface area contributed by atoms with E-state index >= 15 is 0 Å². The minimum absolute atomic E-state index is 0.571. The quantitative estimate of drug-likeness (QED) is 0.161. The Morgan fingerprint density at radius 3 is 1.83 bits per heavy atom. The van der Waals surface area contributed by atoms with Crippen LogP contribution in [0.15, 0.2) is 159 Å². The Kier molecular flexibility index (Phi) is 8.02. The number of rotatable bonds is 8. The fourth-order valence-corrected chi connectivity index (χ4v) is 7.39. The van der Waals surface area contributed by atoms with Gasteiger partial charge in [0, 0.05) is 37.9 Å². The molecular weight excluding hydrogens is 637 g/mol. The molecule has 0 spiro atoms. The Bertz CT molecular complexity index is 2900. The van der Waals surface area contributed by atoms with Crippen molar-refractivity contribution in [2.45, 2.75) is 19.8 Å². The Hall–Kier alpha value is -6.58. The van der Waals surface area contributed by atoms with Crippen molar-refractivity contribution in [3.8, 4) is 22.3 Å². The van der Waals surface area contributed by atoms with Crippen molar-refractivity contribution >= 4 is 68.2 Å². The van der Waals surface area contributed by atoms with Gasteiger partial charge in [-0.15, -0.1) is 0 Å².